The van der Waals surface area contributed by atoms with E-state index < -0.39 is 5.97 Å². The van der Waals surface area contributed by atoms with E-state index in [2.05, 4.69) is 22.2 Å². The average molecular weight is 435 g/mol. The van der Waals surface area contributed by atoms with E-state index in [1.807, 2.05) is 30.3 Å². The van der Waals surface area contributed by atoms with Crippen LogP contribution in [0.4, 0.5) is 5.69 Å². The number of nitrogens with zero attached hydrogens (tertiary/aromatic N) is 2. The number of nitrogens with one attached hydrogen (secondary N) is 2. The standard InChI is InChI=1S/C25H30N4O3/c1-28-10-12-29(13-11-28)24(26)18-4-6-19(7-5-18)25(32)27-22-9-8-20-14-17(15-23(30)31)2-3-21(20)16-22/h4-9,16-17,26H,2-3,10-15H2,1H3,(H,27,32)(H,30,31). The van der Waals surface area contributed by atoms with E-state index >= 15 is 0 Å². The molecule has 0 aromatic heterocycles. The lowest BCUT2D eigenvalue weighted by Crippen LogP contribution is -2.47. The van der Waals surface area contributed by atoms with Crippen LogP contribution in [-0.2, 0) is 17.6 Å². The molecular formula is C25H30N4O3. The van der Waals surface area contributed by atoms with Gasteiger partial charge in [0, 0.05) is 49.4 Å². The van der Waals surface area contributed by atoms with Crippen LogP contribution >= 0.6 is 0 Å². The highest BCUT2D eigenvalue weighted by atomic mass is 16.4. The maximum absolute atomic E-state index is 12.7. The highest BCUT2D eigenvalue weighted by molar-refractivity contribution is 6.05. The molecule has 1 saturated heterocycles. The number of aliphatic carboxylic acids is 1. The van der Waals surface area contributed by atoms with Gasteiger partial charge in [0.2, 0.25) is 0 Å². The molecule has 3 N–H and O–H groups in total. The quantitative estimate of drug-likeness (QED) is 0.496. The van der Waals surface area contributed by atoms with E-state index in [-0.39, 0.29) is 18.2 Å². The number of amides is 1. The molecule has 1 aliphatic heterocycles. The summed E-state index contributed by atoms with van der Waals surface area (Å²) in [6, 6.07) is 13.1. The number of aryl methyl sites for hydroxylation is 1. The van der Waals surface area contributed by atoms with E-state index in [1.165, 1.54) is 11.1 Å². The monoisotopic (exact) mass is 434 g/mol. The van der Waals surface area contributed by atoms with E-state index in [9.17, 15) is 9.59 Å². The summed E-state index contributed by atoms with van der Waals surface area (Å²) in [7, 11) is 2.09. The van der Waals surface area contributed by atoms with E-state index in [0.29, 0.717) is 11.4 Å². The molecule has 1 fully saturated rings. The second kappa shape index (κ2) is 9.53. The third-order valence-corrected chi connectivity index (χ3v) is 6.50. The van der Waals surface area contributed by atoms with Gasteiger partial charge < -0.3 is 20.2 Å². The lowest BCUT2D eigenvalue weighted by Gasteiger charge is -2.34. The van der Waals surface area contributed by atoms with Crippen LogP contribution in [0.3, 0.4) is 0 Å². The Morgan fingerprint density at radius 3 is 2.41 bits per heavy atom. The van der Waals surface area contributed by atoms with Crippen molar-refractivity contribution in [1.29, 1.82) is 5.41 Å². The maximum Gasteiger partial charge on any atom is 0.303 e. The van der Waals surface area contributed by atoms with Gasteiger partial charge in [0.1, 0.15) is 5.84 Å². The predicted molar refractivity (Wildman–Crippen MR) is 125 cm³/mol. The summed E-state index contributed by atoms with van der Waals surface area (Å²) in [4.78, 5) is 28.0. The third-order valence-electron chi connectivity index (χ3n) is 6.50. The van der Waals surface area contributed by atoms with Gasteiger partial charge in [-0.25, -0.2) is 0 Å². The van der Waals surface area contributed by atoms with Gasteiger partial charge in [0.05, 0.1) is 0 Å². The summed E-state index contributed by atoms with van der Waals surface area (Å²) < 4.78 is 0. The van der Waals surface area contributed by atoms with Crippen LogP contribution in [0.2, 0.25) is 0 Å². The van der Waals surface area contributed by atoms with Gasteiger partial charge in [-0.3, -0.25) is 15.0 Å². The lowest BCUT2D eigenvalue weighted by atomic mass is 9.82. The number of piperazine rings is 1. The number of carbonyl (C=O) groups excluding carboxylic acids is 1. The van der Waals surface area contributed by atoms with Gasteiger partial charge in [-0.1, -0.05) is 18.2 Å². The minimum atomic E-state index is -0.743. The summed E-state index contributed by atoms with van der Waals surface area (Å²) >= 11 is 0. The number of carboxylic acid groups (broad SMARTS) is 1. The van der Waals surface area contributed by atoms with Crippen molar-refractivity contribution < 1.29 is 14.7 Å². The molecule has 0 spiro atoms. The Labute approximate surface area is 188 Å². The molecule has 1 heterocycles. The number of hydrogen-bond donors (Lipinski definition) is 3. The first kappa shape index (κ1) is 22.0. The number of carbonyl (C=O) groups is 2. The molecular weight excluding hydrogens is 404 g/mol. The number of fused-ring (bicyclic) bond motifs is 1. The van der Waals surface area contributed by atoms with Crippen molar-refractivity contribution >= 4 is 23.4 Å². The SMILES string of the molecule is CN1CCN(C(=N)c2ccc(C(=O)Nc3ccc4c(c3)CCC(CC(=O)O)C4)cc2)CC1. The van der Waals surface area contributed by atoms with Gasteiger partial charge in [-0.15, -0.1) is 0 Å². The lowest BCUT2D eigenvalue weighted by molar-refractivity contribution is -0.138. The minimum Gasteiger partial charge on any atom is -0.481 e. The molecule has 0 saturated carbocycles. The smallest absolute Gasteiger partial charge is 0.303 e. The first-order valence-corrected chi connectivity index (χ1v) is 11.2. The molecule has 2 aromatic rings. The van der Waals surface area contributed by atoms with Crippen molar-refractivity contribution in [3.63, 3.8) is 0 Å². The van der Waals surface area contributed by atoms with Gasteiger partial charge in [-0.2, -0.15) is 0 Å². The van der Waals surface area contributed by atoms with Crippen molar-refractivity contribution in [2.45, 2.75) is 25.7 Å². The molecule has 2 aliphatic rings. The molecule has 2 aromatic carbocycles. The van der Waals surface area contributed by atoms with Crippen molar-refractivity contribution in [2.75, 3.05) is 38.5 Å². The highest BCUT2D eigenvalue weighted by Crippen LogP contribution is 2.29. The molecule has 7 heteroatoms. The Kier molecular flexibility index (Phi) is 6.55. The molecule has 1 atom stereocenters. The minimum absolute atomic E-state index is 0.179. The Balaban J connectivity index is 1.37. The number of rotatable bonds is 5. The molecule has 0 radical (unpaired) electrons. The average Bonchev–Trinajstić information content (AvgIpc) is 2.79. The van der Waals surface area contributed by atoms with Crippen LogP contribution in [0.25, 0.3) is 0 Å². The topological polar surface area (TPSA) is 96.7 Å². The third kappa shape index (κ3) is 5.16. The number of hydrogen-bond acceptors (Lipinski definition) is 4. The highest BCUT2D eigenvalue weighted by Gasteiger charge is 2.22. The van der Waals surface area contributed by atoms with Gasteiger partial charge in [0.25, 0.3) is 5.91 Å². The van der Waals surface area contributed by atoms with Crippen molar-refractivity contribution in [3.8, 4) is 0 Å². The Hall–Kier alpha value is -3.19. The first-order chi connectivity index (χ1) is 15.4. The van der Waals surface area contributed by atoms with Crippen LogP contribution in [0, 0.1) is 11.3 Å². The Morgan fingerprint density at radius 1 is 1.03 bits per heavy atom. The predicted octanol–water partition coefficient (Wildman–Crippen LogP) is 3.09. The molecule has 1 aliphatic carbocycles. The molecule has 168 valence electrons. The molecule has 32 heavy (non-hydrogen) atoms. The molecule has 4 rings (SSSR count). The number of likely N-dealkylation sites (N-methyl/N-ethyl adjacent to an activating group) is 1. The molecule has 1 amide bonds. The van der Waals surface area contributed by atoms with Crippen molar-refractivity contribution in [3.05, 3.63) is 64.7 Å². The number of amidine groups is 1. The van der Waals surface area contributed by atoms with E-state index in [0.717, 1.165) is 56.7 Å². The summed E-state index contributed by atoms with van der Waals surface area (Å²) in [5, 5.41) is 20.5. The Bertz CT molecular complexity index is 1010. The van der Waals surface area contributed by atoms with E-state index in [4.69, 9.17) is 10.5 Å². The first-order valence-electron chi connectivity index (χ1n) is 11.2. The maximum atomic E-state index is 12.7. The second-order valence-corrected chi connectivity index (χ2v) is 8.86. The largest absolute Gasteiger partial charge is 0.481 e. The fourth-order valence-corrected chi connectivity index (χ4v) is 4.52. The van der Waals surface area contributed by atoms with Gasteiger partial charge in [0.15, 0.2) is 0 Å². The van der Waals surface area contributed by atoms with Gasteiger partial charge >= 0.3 is 5.97 Å². The second-order valence-electron chi connectivity index (χ2n) is 8.86. The summed E-state index contributed by atoms with van der Waals surface area (Å²) in [6.45, 7) is 3.58. The fraction of sp³-hybridized carbons (Fsp3) is 0.400. The molecule has 1 unspecified atom stereocenters. The van der Waals surface area contributed by atoms with Gasteiger partial charge in [-0.05, 0) is 67.6 Å². The number of anilines is 1. The Morgan fingerprint density at radius 2 is 1.72 bits per heavy atom. The molecule has 7 nitrogen and oxygen atoms in total. The zero-order chi connectivity index (χ0) is 22.7. The summed E-state index contributed by atoms with van der Waals surface area (Å²) in [6.07, 6.45) is 2.67. The summed E-state index contributed by atoms with van der Waals surface area (Å²) in [5.74, 6) is -0.237. The van der Waals surface area contributed by atoms with E-state index in [1.54, 1.807) is 12.1 Å². The zero-order valence-electron chi connectivity index (χ0n) is 18.4. The summed E-state index contributed by atoms with van der Waals surface area (Å²) in [5.41, 5.74) is 4.47. The molecule has 0 bridgehead atoms. The van der Waals surface area contributed by atoms with Crippen molar-refractivity contribution in [1.82, 2.24) is 9.80 Å². The number of benzene rings is 2. The normalized spacial score (nSPS) is 18.7. The van der Waals surface area contributed by atoms with Crippen LogP contribution in [0.1, 0.15) is 39.9 Å². The van der Waals surface area contributed by atoms with Crippen LogP contribution in [-0.4, -0.2) is 65.8 Å². The van der Waals surface area contributed by atoms with Crippen LogP contribution < -0.4 is 5.32 Å². The zero-order valence-corrected chi connectivity index (χ0v) is 18.4. The van der Waals surface area contributed by atoms with Crippen LogP contribution in [0.15, 0.2) is 42.5 Å². The number of carboxylic acids is 1. The van der Waals surface area contributed by atoms with Crippen LogP contribution in [0.5, 0.6) is 0 Å². The van der Waals surface area contributed by atoms with Crippen molar-refractivity contribution in [2.24, 2.45) is 5.92 Å². The fourth-order valence-electron chi connectivity index (χ4n) is 4.52.